The minimum Gasteiger partial charge on any atom is -0.469 e. The quantitative estimate of drug-likeness (QED) is 0.615. The average molecular weight is 201 g/mol. The van der Waals surface area contributed by atoms with Gasteiger partial charge < -0.3 is 9.64 Å². The lowest BCUT2D eigenvalue weighted by Crippen LogP contribution is -2.32. The van der Waals surface area contributed by atoms with Crippen molar-refractivity contribution in [1.82, 2.24) is 4.90 Å². The van der Waals surface area contributed by atoms with Gasteiger partial charge >= 0.3 is 5.97 Å². The molecule has 1 atom stereocenters. The molecule has 0 amide bonds. The Kier molecular flexibility index (Phi) is 6.54. The Morgan fingerprint density at radius 1 is 1.36 bits per heavy atom. The first-order valence-corrected chi connectivity index (χ1v) is 5.24. The van der Waals surface area contributed by atoms with Gasteiger partial charge in [0, 0.05) is 12.6 Å². The number of nitrogens with zero attached hydrogens (tertiary/aromatic N) is 1. The van der Waals surface area contributed by atoms with Crippen molar-refractivity contribution in [3.8, 4) is 0 Å². The molecule has 0 saturated carbocycles. The predicted molar refractivity (Wildman–Crippen MR) is 58.2 cm³/mol. The van der Waals surface area contributed by atoms with Gasteiger partial charge in [-0.2, -0.15) is 0 Å². The molecule has 0 spiro atoms. The number of methoxy groups -OCH3 is 1. The summed E-state index contributed by atoms with van der Waals surface area (Å²) in [6, 6.07) is 0.527. The van der Waals surface area contributed by atoms with Crippen LogP contribution in [0.2, 0.25) is 0 Å². The fourth-order valence-electron chi connectivity index (χ4n) is 1.45. The third kappa shape index (κ3) is 5.97. The number of rotatable bonds is 6. The van der Waals surface area contributed by atoms with Crippen molar-refractivity contribution < 1.29 is 9.53 Å². The summed E-state index contributed by atoms with van der Waals surface area (Å²) in [6.07, 6.45) is 1.65. The summed E-state index contributed by atoms with van der Waals surface area (Å²) in [4.78, 5) is 13.1. The van der Waals surface area contributed by atoms with E-state index in [-0.39, 0.29) is 5.97 Å². The molecule has 0 aromatic rings. The fraction of sp³-hybridized carbons (Fsp3) is 0.909. The lowest BCUT2D eigenvalue weighted by molar-refractivity contribution is -0.141. The zero-order valence-electron chi connectivity index (χ0n) is 10.0. The molecule has 0 aromatic heterocycles. The van der Waals surface area contributed by atoms with E-state index in [4.69, 9.17) is 0 Å². The summed E-state index contributed by atoms with van der Waals surface area (Å²) < 4.78 is 4.60. The third-order valence-corrected chi connectivity index (χ3v) is 2.46. The second-order valence-corrected chi connectivity index (χ2v) is 4.29. The molecule has 0 N–H and O–H groups in total. The van der Waals surface area contributed by atoms with E-state index in [1.807, 2.05) is 0 Å². The van der Waals surface area contributed by atoms with Crippen LogP contribution in [-0.4, -0.2) is 37.6 Å². The Labute approximate surface area is 87.4 Å². The number of hydrogen-bond acceptors (Lipinski definition) is 3. The number of carbonyl (C=O) groups excluding carboxylic acids is 1. The molecule has 0 aliphatic carbocycles. The molecule has 3 nitrogen and oxygen atoms in total. The van der Waals surface area contributed by atoms with Crippen molar-refractivity contribution in [1.29, 1.82) is 0 Å². The molecule has 0 bridgehead atoms. The molecular formula is C11H23NO2. The van der Waals surface area contributed by atoms with E-state index in [9.17, 15) is 4.79 Å². The van der Waals surface area contributed by atoms with Crippen LogP contribution in [0.3, 0.4) is 0 Å². The van der Waals surface area contributed by atoms with Crippen LogP contribution in [0, 0.1) is 5.92 Å². The lowest BCUT2D eigenvalue weighted by Gasteiger charge is -2.25. The minimum absolute atomic E-state index is 0.131. The van der Waals surface area contributed by atoms with Gasteiger partial charge in [-0.1, -0.05) is 13.8 Å². The molecule has 0 radical (unpaired) electrons. The Hall–Kier alpha value is -0.570. The first-order valence-electron chi connectivity index (χ1n) is 5.24. The average Bonchev–Trinajstić information content (AvgIpc) is 2.12. The van der Waals surface area contributed by atoms with Gasteiger partial charge in [-0.15, -0.1) is 0 Å². The topological polar surface area (TPSA) is 29.5 Å². The zero-order valence-corrected chi connectivity index (χ0v) is 10.0. The highest BCUT2D eigenvalue weighted by Gasteiger charge is 2.12. The highest BCUT2D eigenvalue weighted by Crippen LogP contribution is 2.09. The van der Waals surface area contributed by atoms with Crippen molar-refractivity contribution in [3.63, 3.8) is 0 Å². The molecule has 0 unspecified atom stereocenters. The molecular weight excluding hydrogens is 178 g/mol. The molecule has 0 fully saturated rings. The van der Waals surface area contributed by atoms with Gasteiger partial charge in [0.1, 0.15) is 0 Å². The maximum absolute atomic E-state index is 10.9. The van der Waals surface area contributed by atoms with Crippen LogP contribution in [0.15, 0.2) is 0 Å². The van der Waals surface area contributed by atoms with Gasteiger partial charge in [0.15, 0.2) is 0 Å². The van der Waals surface area contributed by atoms with Crippen LogP contribution < -0.4 is 0 Å². The molecule has 0 aliphatic heterocycles. The predicted octanol–water partition coefficient (Wildman–Crippen LogP) is 1.92. The molecule has 84 valence electrons. The molecule has 0 heterocycles. The minimum atomic E-state index is -0.131. The van der Waals surface area contributed by atoms with Crippen LogP contribution in [0.4, 0.5) is 0 Å². The summed E-state index contributed by atoms with van der Waals surface area (Å²) in [7, 11) is 3.48. The second-order valence-electron chi connectivity index (χ2n) is 4.29. The molecule has 0 aromatic carbocycles. The van der Waals surface area contributed by atoms with Crippen LogP contribution in [0.5, 0.6) is 0 Å². The van der Waals surface area contributed by atoms with Crippen LogP contribution in [0.25, 0.3) is 0 Å². The molecule has 14 heavy (non-hydrogen) atoms. The van der Waals surface area contributed by atoms with E-state index in [2.05, 4.69) is 37.5 Å². The van der Waals surface area contributed by atoms with Crippen LogP contribution in [-0.2, 0) is 9.53 Å². The molecule has 0 saturated heterocycles. The highest BCUT2D eigenvalue weighted by atomic mass is 16.5. The first-order chi connectivity index (χ1) is 6.47. The Balaban J connectivity index is 3.72. The van der Waals surface area contributed by atoms with E-state index in [1.165, 1.54) is 7.11 Å². The number of carbonyl (C=O) groups is 1. The van der Waals surface area contributed by atoms with Crippen molar-refractivity contribution in [2.75, 3.05) is 20.7 Å². The summed E-state index contributed by atoms with van der Waals surface area (Å²) in [5.74, 6) is 0.569. The van der Waals surface area contributed by atoms with Gasteiger partial charge in [-0.3, -0.25) is 4.79 Å². The van der Waals surface area contributed by atoms with Gasteiger partial charge in [0.05, 0.1) is 13.5 Å². The van der Waals surface area contributed by atoms with Crippen molar-refractivity contribution >= 4 is 5.97 Å². The Morgan fingerprint density at radius 3 is 2.36 bits per heavy atom. The lowest BCUT2D eigenvalue weighted by atomic mass is 10.0. The van der Waals surface area contributed by atoms with Gasteiger partial charge in [-0.05, 0) is 26.3 Å². The first kappa shape index (κ1) is 13.4. The van der Waals surface area contributed by atoms with E-state index in [0.717, 1.165) is 13.0 Å². The maximum Gasteiger partial charge on any atom is 0.306 e. The number of hydrogen-bond donors (Lipinski definition) is 0. The van der Waals surface area contributed by atoms with Crippen molar-refractivity contribution in [3.05, 3.63) is 0 Å². The van der Waals surface area contributed by atoms with Gasteiger partial charge in [0.25, 0.3) is 0 Å². The zero-order chi connectivity index (χ0) is 11.1. The van der Waals surface area contributed by atoms with E-state index < -0.39 is 0 Å². The standard InChI is InChI=1S/C11H23NO2/c1-9(2)8-10(3)12(4)7-6-11(13)14-5/h9-10H,6-8H2,1-5H3/t10-/m1/s1. The largest absolute Gasteiger partial charge is 0.469 e. The smallest absolute Gasteiger partial charge is 0.306 e. The van der Waals surface area contributed by atoms with Crippen molar-refractivity contribution in [2.24, 2.45) is 5.92 Å². The van der Waals surface area contributed by atoms with Gasteiger partial charge in [0.2, 0.25) is 0 Å². The molecule has 0 aliphatic rings. The molecule has 0 rings (SSSR count). The van der Waals surface area contributed by atoms with E-state index in [0.29, 0.717) is 18.4 Å². The number of ether oxygens (including phenoxy) is 1. The Morgan fingerprint density at radius 2 is 1.93 bits per heavy atom. The van der Waals surface area contributed by atoms with Crippen LogP contribution >= 0.6 is 0 Å². The van der Waals surface area contributed by atoms with E-state index >= 15 is 0 Å². The summed E-state index contributed by atoms with van der Waals surface area (Å²) >= 11 is 0. The van der Waals surface area contributed by atoms with E-state index in [1.54, 1.807) is 0 Å². The Bertz CT molecular complexity index is 169. The second kappa shape index (κ2) is 6.82. The fourth-order valence-corrected chi connectivity index (χ4v) is 1.45. The van der Waals surface area contributed by atoms with Gasteiger partial charge in [-0.25, -0.2) is 0 Å². The maximum atomic E-state index is 10.9. The summed E-state index contributed by atoms with van der Waals surface area (Å²) in [5.41, 5.74) is 0. The van der Waals surface area contributed by atoms with Crippen molar-refractivity contribution in [2.45, 2.75) is 39.7 Å². The SMILES string of the molecule is COC(=O)CCN(C)[C@H](C)CC(C)C. The monoisotopic (exact) mass is 201 g/mol. The highest BCUT2D eigenvalue weighted by molar-refractivity contribution is 5.69. The normalized spacial score (nSPS) is 13.4. The summed E-state index contributed by atoms with van der Waals surface area (Å²) in [5, 5.41) is 0. The third-order valence-electron chi connectivity index (χ3n) is 2.46. The van der Waals surface area contributed by atoms with Crippen LogP contribution in [0.1, 0.15) is 33.6 Å². The number of esters is 1. The summed E-state index contributed by atoms with van der Waals surface area (Å²) in [6.45, 7) is 7.40. The molecule has 3 heteroatoms.